The van der Waals surface area contributed by atoms with Gasteiger partial charge in [-0.1, -0.05) is 11.6 Å². The van der Waals surface area contributed by atoms with Gasteiger partial charge in [-0.15, -0.1) is 0 Å². The summed E-state index contributed by atoms with van der Waals surface area (Å²) in [6, 6.07) is 6.19. The smallest absolute Gasteiger partial charge is 0.347 e. The van der Waals surface area contributed by atoms with E-state index >= 15 is 0 Å². The molecule has 0 saturated heterocycles. The number of esters is 2. The van der Waals surface area contributed by atoms with E-state index < -0.39 is 17.8 Å². The Hall–Kier alpha value is -2.54. The molecule has 1 rings (SSSR count). The van der Waals surface area contributed by atoms with E-state index in [1.54, 1.807) is 26.0 Å². The normalized spacial score (nSPS) is 9.52. The zero-order valence-corrected chi connectivity index (χ0v) is 13.5. The summed E-state index contributed by atoms with van der Waals surface area (Å²) in [6.45, 7) is 3.42. The first kappa shape index (κ1) is 18.5. The molecule has 0 radical (unpaired) electrons. The summed E-state index contributed by atoms with van der Waals surface area (Å²) in [5.41, 5.74) is 4.69. The molecular weight excluding hydrogens is 324 g/mol. The number of hydrazine groups is 1. The van der Waals surface area contributed by atoms with Crippen LogP contribution in [0.3, 0.4) is 0 Å². The number of hydrogen-bond donors (Lipinski definition) is 2. The Morgan fingerprint density at radius 3 is 2.04 bits per heavy atom. The van der Waals surface area contributed by atoms with E-state index in [2.05, 4.69) is 10.9 Å². The first-order chi connectivity index (χ1) is 11.0. The Labute approximate surface area is 138 Å². The van der Waals surface area contributed by atoms with Crippen LogP contribution in [-0.4, -0.2) is 31.1 Å². The van der Waals surface area contributed by atoms with Crippen LogP contribution in [0.25, 0.3) is 0 Å². The second-order valence-electron chi connectivity index (χ2n) is 4.10. The SMILES string of the molecule is CCOC(=O)C(=CNNC(=O)c1ccc(Cl)cc1)C(=O)OCC. The third-order valence-corrected chi connectivity index (χ3v) is 2.75. The lowest BCUT2D eigenvalue weighted by molar-refractivity contribution is -0.146. The highest BCUT2D eigenvalue weighted by Gasteiger charge is 2.21. The van der Waals surface area contributed by atoms with Gasteiger partial charge in [-0.25, -0.2) is 9.59 Å². The maximum atomic E-state index is 11.9. The number of benzene rings is 1. The summed E-state index contributed by atoms with van der Waals surface area (Å²) >= 11 is 5.73. The van der Waals surface area contributed by atoms with Crippen LogP contribution >= 0.6 is 11.6 Å². The van der Waals surface area contributed by atoms with E-state index in [1.165, 1.54) is 12.1 Å². The number of nitrogens with one attached hydrogen (secondary N) is 2. The molecule has 124 valence electrons. The molecule has 0 aliphatic rings. The van der Waals surface area contributed by atoms with Crippen LogP contribution < -0.4 is 10.9 Å². The Balaban J connectivity index is 2.72. The number of hydrogen-bond acceptors (Lipinski definition) is 6. The number of amides is 1. The molecule has 0 spiro atoms. The highest BCUT2D eigenvalue weighted by molar-refractivity contribution is 6.30. The Kier molecular flexibility index (Phi) is 7.62. The lowest BCUT2D eigenvalue weighted by Crippen LogP contribution is -2.35. The molecule has 0 aliphatic heterocycles. The number of carbonyl (C=O) groups is 3. The second kappa shape index (κ2) is 9.47. The Morgan fingerprint density at radius 2 is 1.57 bits per heavy atom. The van der Waals surface area contributed by atoms with Crippen LogP contribution in [0.5, 0.6) is 0 Å². The monoisotopic (exact) mass is 340 g/mol. The van der Waals surface area contributed by atoms with Crippen LogP contribution in [0.1, 0.15) is 24.2 Å². The fourth-order valence-electron chi connectivity index (χ4n) is 1.47. The summed E-state index contributed by atoms with van der Waals surface area (Å²) in [6.07, 6.45) is 1.02. The first-order valence-electron chi connectivity index (χ1n) is 6.85. The van der Waals surface area contributed by atoms with Gasteiger partial charge in [-0.05, 0) is 38.1 Å². The molecule has 7 nitrogen and oxygen atoms in total. The molecule has 8 heteroatoms. The second-order valence-corrected chi connectivity index (χ2v) is 4.54. The van der Waals surface area contributed by atoms with Gasteiger partial charge in [0, 0.05) is 16.8 Å². The molecule has 0 unspecified atom stereocenters. The minimum atomic E-state index is -0.848. The van der Waals surface area contributed by atoms with Crippen molar-refractivity contribution in [2.75, 3.05) is 13.2 Å². The van der Waals surface area contributed by atoms with E-state index in [0.29, 0.717) is 10.6 Å². The largest absolute Gasteiger partial charge is 0.462 e. The highest BCUT2D eigenvalue weighted by atomic mass is 35.5. The van der Waals surface area contributed by atoms with Crippen molar-refractivity contribution in [2.24, 2.45) is 0 Å². The lowest BCUT2D eigenvalue weighted by atomic mass is 10.2. The molecule has 0 fully saturated rings. The van der Waals surface area contributed by atoms with E-state index in [0.717, 1.165) is 6.20 Å². The van der Waals surface area contributed by atoms with Crippen molar-refractivity contribution in [3.8, 4) is 0 Å². The van der Waals surface area contributed by atoms with Gasteiger partial charge < -0.3 is 14.9 Å². The van der Waals surface area contributed by atoms with Crippen LogP contribution in [-0.2, 0) is 19.1 Å². The summed E-state index contributed by atoms with van der Waals surface area (Å²) in [5, 5.41) is 0.501. The summed E-state index contributed by atoms with van der Waals surface area (Å²) in [7, 11) is 0. The number of carbonyl (C=O) groups excluding carboxylic acids is 3. The minimum Gasteiger partial charge on any atom is -0.462 e. The zero-order valence-electron chi connectivity index (χ0n) is 12.7. The topological polar surface area (TPSA) is 93.7 Å². The van der Waals surface area contributed by atoms with Crippen molar-refractivity contribution in [2.45, 2.75) is 13.8 Å². The van der Waals surface area contributed by atoms with E-state index in [9.17, 15) is 14.4 Å². The van der Waals surface area contributed by atoms with Gasteiger partial charge in [0.1, 0.15) is 0 Å². The summed E-state index contributed by atoms with van der Waals surface area (Å²) in [5.74, 6) is -2.16. The van der Waals surface area contributed by atoms with Crippen LogP contribution in [0.4, 0.5) is 0 Å². The molecule has 2 N–H and O–H groups in total. The third-order valence-electron chi connectivity index (χ3n) is 2.50. The third kappa shape index (κ3) is 5.99. The average molecular weight is 341 g/mol. The molecule has 1 aromatic carbocycles. The molecule has 0 atom stereocenters. The fourth-order valence-corrected chi connectivity index (χ4v) is 1.59. The molecule has 0 bridgehead atoms. The van der Waals surface area contributed by atoms with Crippen LogP contribution in [0.2, 0.25) is 5.02 Å². The number of rotatable bonds is 7. The van der Waals surface area contributed by atoms with Crippen LogP contribution in [0, 0.1) is 0 Å². The van der Waals surface area contributed by atoms with Crippen molar-refractivity contribution in [1.82, 2.24) is 10.9 Å². The van der Waals surface area contributed by atoms with E-state index in [4.69, 9.17) is 21.1 Å². The minimum absolute atomic E-state index is 0.104. The number of ether oxygens (including phenoxy) is 2. The van der Waals surface area contributed by atoms with Gasteiger partial charge >= 0.3 is 11.9 Å². The summed E-state index contributed by atoms with van der Waals surface area (Å²) in [4.78, 5) is 35.2. The molecule has 1 amide bonds. The maximum Gasteiger partial charge on any atom is 0.347 e. The fraction of sp³-hybridized carbons (Fsp3) is 0.267. The number of halogens is 1. The van der Waals surface area contributed by atoms with E-state index in [1.807, 2.05) is 0 Å². The Morgan fingerprint density at radius 1 is 1.04 bits per heavy atom. The molecule has 0 aliphatic carbocycles. The van der Waals surface area contributed by atoms with Gasteiger partial charge in [0.2, 0.25) is 0 Å². The Bertz CT molecular complexity index is 578. The van der Waals surface area contributed by atoms with Crippen molar-refractivity contribution in [1.29, 1.82) is 0 Å². The predicted molar refractivity (Wildman–Crippen MR) is 83.4 cm³/mol. The molecule has 0 saturated carbocycles. The van der Waals surface area contributed by atoms with Crippen molar-refractivity contribution >= 4 is 29.4 Å². The highest BCUT2D eigenvalue weighted by Crippen LogP contribution is 2.09. The average Bonchev–Trinajstić information content (AvgIpc) is 2.52. The molecule has 1 aromatic rings. The zero-order chi connectivity index (χ0) is 17.2. The van der Waals surface area contributed by atoms with Gasteiger partial charge in [0.15, 0.2) is 5.57 Å². The lowest BCUT2D eigenvalue weighted by Gasteiger charge is -2.08. The molecular formula is C15H17ClN2O5. The van der Waals surface area contributed by atoms with Gasteiger partial charge in [0.05, 0.1) is 13.2 Å². The standard InChI is InChI=1S/C15H17ClN2O5/c1-3-22-14(20)12(15(21)23-4-2)9-17-18-13(19)10-5-7-11(16)8-6-10/h5-9,17H,3-4H2,1-2H3,(H,18,19). The summed E-state index contributed by atoms with van der Waals surface area (Å²) < 4.78 is 9.50. The van der Waals surface area contributed by atoms with E-state index in [-0.39, 0.29) is 18.8 Å². The van der Waals surface area contributed by atoms with Crippen molar-refractivity contribution in [3.63, 3.8) is 0 Å². The van der Waals surface area contributed by atoms with Crippen molar-refractivity contribution in [3.05, 3.63) is 46.6 Å². The first-order valence-corrected chi connectivity index (χ1v) is 7.23. The maximum absolute atomic E-state index is 11.9. The molecule has 0 heterocycles. The van der Waals surface area contributed by atoms with Gasteiger partial charge in [-0.2, -0.15) is 0 Å². The van der Waals surface area contributed by atoms with Crippen LogP contribution in [0.15, 0.2) is 36.0 Å². The predicted octanol–water partition coefficient (Wildman–Crippen LogP) is 1.58. The quantitative estimate of drug-likeness (QED) is 0.257. The van der Waals surface area contributed by atoms with Crippen molar-refractivity contribution < 1.29 is 23.9 Å². The van der Waals surface area contributed by atoms with Gasteiger partial charge in [0.25, 0.3) is 5.91 Å². The van der Waals surface area contributed by atoms with Gasteiger partial charge in [-0.3, -0.25) is 10.2 Å². The molecule has 0 aromatic heterocycles. The molecule has 23 heavy (non-hydrogen) atoms.